The molecule has 0 aliphatic carbocycles. The molecule has 128 valence electrons. The highest BCUT2D eigenvalue weighted by Crippen LogP contribution is 2.39. The lowest BCUT2D eigenvalue weighted by molar-refractivity contribution is 0.509. The molecule has 0 radical (unpaired) electrons. The lowest BCUT2D eigenvalue weighted by Gasteiger charge is -2.27. The van der Waals surface area contributed by atoms with Gasteiger partial charge in [0.15, 0.2) is 11.6 Å². The predicted molar refractivity (Wildman–Crippen MR) is 94.5 cm³/mol. The van der Waals surface area contributed by atoms with Crippen LogP contribution in [0.1, 0.15) is 5.56 Å². The number of hydrogen-bond donors (Lipinski definition) is 1. The molecule has 0 fully saturated rings. The van der Waals surface area contributed by atoms with Gasteiger partial charge >= 0.3 is 0 Å². The first kappa shape index (κ1) is 17.5. The number of nitrogens with zero attached hydrogens (tertiary/aromatic N) is 3. The van der Waals surface area contributed by atoms with E-state index in [4.69, 9.17) is 28.9 Å². The highest BCUT2D eigenvalue weighted by molar-refractivity contribution is 6.35. The zero-order valence-corrected chi connectivity index (χ0v) is 14.3. The predicted octanol–water partition coefficient (Wildman–Crippen LogP) is 4.99. The van der Waals surface area contributed by atoms with Crippen LogP contribution in [0.5, 0.6) is 0 Å². The Hall–Kier alpha value is -2.28. The summed E-state index contributed by atoms with van der Waals surface area (Å²) in [5, 5.41) is 0.741. The standard InChI is InChI=1S/C17H12Cl2F2N4/c18-10-5-13(19)12(8-22)16(6-10)25(17-3-4-23-9-24-17)11-1-2-14(20)15(21)7-11/h1-7,9H,8,22H2. The van der Waals surface area contributed by atoms with Gasteiger partial charge in [-0.15, -0.1) is 0 Å². The van der Waals surface area contributed by atoms with E-state index in [-0.39, 0.29) is 6.54 Å². The summed E-state index contributed by atoms with van der Waals surface area (Å²) in [5.74, 6) is -1.51. The maximum atomic E-state index is 13.8. The molecule has 0 spiro atoms. The normalized spacial score (nSPS) is 10.8. The van der Waals surface area contributed by atoms with E-state index in [2.05, 4.69) is 9.97 Å². The molecule has 25 heavy (non-hydrogen) atoms. The van der Waals surface area contributed by atoms with Crippen LogP contribution < -0.4 is 10.6 Å². The molecule has 3 aromatic rings. The first-order valence-corrected chi connectivity index (χ1v) is 7.96. The number of aromatic nitrogens is 2. The summed E-state index contributed by atoms with van der Waals surface area (Å²) in [6.45, 7) is 0.122. The summed E-state index contributed by atoms with van der Waals surface area (Å²) in [6, 6.07) is 8.35. The molecule has 0 bridgehead atoms. The molecule has 0 saturated heterocycles. The van der Waals surface area contributed by atoms with Gasteiger partial charge in [0, 0.05) is 34.4 Å². The third-order valence-corrected chi connectivity index (χ3v) is 4.09. The first-order valence-electron chi connectivity index (χ1n) is 7.20. The molecular formula is C17H12Cl2F2N4. The second-order valence-corrected chi connectivity index (χ2v) is 5.93. The van der Waals surface area contributed by atoms with Gasteiger partial charge in [-0.1, -0.05) is 23.2 Å². The van der Waals surface area contributed by atoms with Gasteiger partial charge in [-0.25, -0.2) is 18.7 Å². The van der Waals surface area contributed by atoms with Crippen molar-refractivity contribution in [1.29, 1.82) is 0 Å². The topological polar surface area (TPSA) is 55.0 Å². The summed E-state index contributed by atoms with van der Waals surface area (Å²) in [7, 11) is 0. The van der Waals surface area contributed by atoms with Gasteiger partial charge in [0.05, 0.1) is 11.4 Å². The first-order chi connectivity index (χ1) is 12.0. The van der Waals surface area contributed by atoms with Crippen LogP contribution in [-0.2, 0) is 6.54 Å². The smallest absolute Gasteiger partial charge is 0.160 e. The molecule has 0 unspecified atom stereocenters. The van der Waals surface area contributed by atoms with Gasteiger partial charge in [0.1, 0.15) is 12.1 Å². The maximum absolute atomic E-state index is 13.8. The van der Waals surface area contributed by atoms with E-state index in [1.807, 2.05) is 0 Å². The summed E-state index contributed by atoms with van der Waals surface area (Å²) in [5.41, 5.74) is 7.28. The minimum Gasteiger partial charge on any atom is -0.326 e. The molecule has 8 heteroatoms. The Morgan fingerprint density at radius 1 is 1.04 bits per heavy atom. The molecule has 3 rings (SSSR count). The van der Waals surface area contributed by atoms with Gasteiger partial charge in [0.2, 0.25) is 0 Å². The Kier molecular flexibility index (Phi) is 5.13. The van der Waals surface area contributed by atoms with E-state index in [0.29, 0.717) is 32.8 Å². The number of rotatable bonds is 4. The van der Waals surface area contributed by atoms with Crippen LogP contribution in [0.15, 0.2) is 48.9 Å². The van der Waals surface area contributed by atoms with Gasteiger partial charge in [-0.3, -0.25) is 4.90 Å². The van der Waals surface area contributed by atoms with Crippen LogP contribution in [0.25, 0.3) is 0 Å². The summed E-state index contributed by atoms with van der Waals surface area (Å²) >= 11 is 12.4. The molecule has 0 amide bonds. The van der Waals surface area contributed by atoms with Crippen LogP contribution >= 0.6 is 23.2 Å². The second-order valence-electron chi connectivity index (χ2n) is 5.09. The van der Waals surface area contributed by atoms with Crippen molar-refractivity contribution in [2.75, 3.05) is 4.90 Å². The van der Waals surface area contributed by atoms with Crippen molar-refractivity contribution in [1.82, 2.24) is 9.97 Å². The van der Waals surface area contributed by atoms with Gasteiger partial charge in [-0.05, 0) is 30.3 Å². The van der Waals surface area contributed by atoms with E-state index in [1.165, 1.54) is 18.6 Å². The largest absolute Gasteiger partial charge is 0.326 e. The third-order valence-electron chi connectivity index (χ3n) is 3.54. The quantitative estimate of drug-likeness (QED) is 0.692. The molecule has 0 saturated carbocycles. The Morgan fingerprint density at radius 2 is 1.84 bits per heavy atom. The highest BCUT2D eigenvalue weighted by Gasteiger charge is 2.20. The van der Waals surface area contributed by atoms with Crippen molar-refractivity contribution in [3.8, 4) is 0 Å². The van der Waals surface area contributed by atoms with Crippen molar-refractivity contribution < 1.29 is 8.78 Å². The van der Waals surface area contributed by atoms with Crippen molar-refractivity contribution in [2.45, 2.75) is 6.54 Å². The molecule has 4 nitrogen and oxygen atoms in total. The molecule has 1 heterocycles. The van der Waals surface area contributed by atoms with Gasteiger partial charge in [-0.2, -0.15) is 0 Å². The van der Waals surface area contributed by atoms with Crippen LogP contribution in [0.2, 0.25) is 10.0 Å². The Morgan fingerprint density at radius 3 is 2.48 bits per heavy atom. The van der Waals surface area contributed by atoms with E-state index in [0.717, 1.165) is 12.1 Å². The molecule has 0 aliphatic rings. The van der Waals surface area contributed by atoms with E-state index < -0.39 is 11.6 Å². The number of anilines is 3. The van der Waals surface area contributed by atoms with Crippen LogP contribution in [-0.4, -0.2) is 9.97 Å². The van der Waals surface area contributed by atoms with Crippen molar-refractivity contribution in [2.24, 2.45) is 5.73 Å². The lowest BCUT2D eigenvalue weighted by Crippen LogP contribution is -2.15. The lowest BCUT2D eigenvalue weighted by atomic mass is 10.1. The SMILES string of the molecule is NCc1c(Cl)cc(Cl)cc1N(c1ccc(F)c(F)c1)c1ccncn1. The van der Waals surface area contributed by atoms with Gasteiger partial charge < -0.3 is 5.73 Å². The number of hydrogen-bond acceptors (Lipinski definition) is 4. The second kappa shape index (κ2) is 7.31. The molecule has 2 aromatic carbocycles. The maximum Gasteiger partial charge on any atom is 0.160 e. The van der Waals surface area contributed by atoms with Crippen molar-refractivity contribution in [3.05, 3.63) is 76.2 Å². The molecule has 2 N–H and O–H groups in total. The fraction of sp³-hybridized carbons (Fsp3) is 0.0588. The van der Waals surface area contributed by atoms with Crippen molar-refractivity contribution in [3.63, 3.8) is 0 Å². The third kappa shape index (κ3) is 3.56. The van der Waals surface area contributed by atoms with Crippen LogP contribution in [0.3, 0.4) is 0 Å². The van der Waals surface area contributed by atoms with Crippen molar-refractivity contribution >= 4 is 40.4 Å². The molecule has 0 aliphatic heterocycles. The molecule has 0 atom stereocenters. The molecule has 1 aromatic heterocycles. The fourth-order valence-corrected chi connectivity index (χ4v) is 2.99. The van der Waals surface area contributed by atoms with E-state index >= 15 is 0 Å². The number of nitrogens with two attached hydrogens (primary N) is 1. The highest BCUT2D eigenvalue weighted by atomic mass is 35.5. The number of benzene rings is 2. The zero-order chi connectivity index (χ0) is 18.0. The van der Waals surface area contributed by atoms with Crippen LogP contribution in [0.4, 0.5) is 26.0 Å². The van der Waals surface area contributed by atoms with E-state index in [1.54, 1.807) is 23.1 Å². The van der Waals surface area contributed by atoms with Gasteiger partial charge in [0.25, 0.3) is 0 Å². The molecular weight excluding hydrogens is 369 g/mol. The Labute approximate surface area is 152 Å². The Bertz CT molecular complexity index is 907. The summed E-state index contributed by atoms with van der Waals surface area (Å²) in [6.07, 6.45) is 2.87. The average molecular weight is 381 g/mol. The Balaban J connectivity index is 2.28. The number of halogens is 4. The fourth-order valence-electron chi connectivity index (χ4n) is 2.43. The summed E-state index contributed by atoms with van der Waals surface area (Å²) < 4.78 is 27.2. The minimum atomic E-state index is -0.987. The average Bonchev–Trinajstić information content (AvgIpc) is 2.59. The monoisotopic (exact) mass is 380 g/mol. The van der Waals surface area contributed by atoms with Crippen LogP contribution in [0, 0.1) is 11.6 Å². The summed E-state index contributed by atoms with van der Waals surface area (Å²) in [4.78, 5) is 9.65. The minimum absolute atomic E-state index is 0.122. The van der Waals surface area contributed by atoms with E-state index in [9.17, 15) is 8.78 Å². The zero-order valence-electron chi connectivity index (χ0n) is 12.8.